The van der Waals surface area contributed by atoms with Gasteiger partial charge in [-0.25, -0.2) is 4.79 Å². The highest BCUT2D eigenvalue weighted by molar-refractivity contribution is 6.09. The number of Topliss-reactive ketones (excluding diaryl/α,β-unsaturated/α-hetero) is 1. The number of amides is 1. The lowest BCUT2D eigenvalue weighted by atomic mass is 9.94. The molecule has 1 aromatic rings. The molecule has 0 aromatic carbocycles. The van der Waals surface area contributed by atoms with Crippen molar-refractivity contribution in [2.24, 2.45) is 11.1 Å². The van der Waals surface area contributed by atoms with Crippen molar-refractivity contribution in [2.45, 2.75) is 20.3 Å². The third-order valence-corrected chi connectivity index (χ3v) is 3.12. The first-order valence-electron chi connectivity index (χ1n) is 6.51. The van der Waals surface area contributed by atoms with Crippen LogP contribution in [0.3, 0.4) is 0 Å². The standard InChI is InChI=1S/C14H14N2O7/c1-3-4-5-6(2)10(17)8-11(18)7(14(21)22)9(13(20)16-23)15-12(8)19/h3-4,6H,5H2,1-2H3,(H,21,22)(H2,15,18,19)/b4-3+. The maximum atomic E-state index is 12.2. The van der Waals surface area contributed by atoms with Crippen molar-refractivity contribution in [2.75, 3.05) is 0 Å². The van der Waals surface area contributed by atoms with Crippen LogP contribution < -0.4 is 5.56 Å². The summed E-state index contributed by atoms with van der Waals surface area (Å²) in [5, 5.41) is 21.0. The van der Waals surface area contributed by atoms with E-state index in [1.807, 2.05) is 10.2 Å². The average molecular weight is 322 g/mol. The summed E-state index contributed by atoms with van der Waals surface area (Å²) >= 11 is 0. The van der Waals surface area contributed by atoms with Crippen molar-refractivity contribution >= 4 is 17.7 Å². The number of pyridine rings is 1. The SMILES string of the molecule is C/C=C/CC(C)C(=O)c1c(O)c(C(=O)O)c(C(=O)N=O)[nH]c1=O. The van der Waals surface area contributed by atoms with Crippen molar-refractivity contribution < 1.29 is 24.6 Å². The van der Waals surface area contributed by atoms with E-state index in [1.165, 1.54) is 6.92 Å². The van der Waals surface area contributed by atoms with Gasteiger partial charge in [0.15, 0.2) is 5.78 Å². The summed E-state index contributed by atoms with van der Waals surface area (Å²) in [4.78, 5) is 58.8. The monoisotopic (exact) mass is 322 g/mol. The first-order valence-corrected chi connectivity index (χ1v) is 6.51. The van der Waals surface area contributed by atoms with Crippen molar-refractivity contribution in [1.82, 2.24) is 4.98 Å². The van der Waals surface area contributed by atoms with Crippen LogP contribution in [0, 0.1) is 10.8 Å². The maximum Gasteiger partial charge on any atom is 0.341 e. The molecular weight excluding hydrogens is 308 g/mol. The number of H-pyrrole nitrogens is 1. The van der Waals surface area contributed by atoms with Gasteiger partial charge in [-0.3, -0.25) is 14.4 Å². The van der Waals surface area contributed by atoms with Crippen LogP contribution in [0.4, 0.5) is 0 Å². The van der Waals surface area contributed by atoms with Gasteiger partial charge < -0.3 is 15.2 Å². The topological polar surface area (TPSA) is 154 Å². The Morgan fingerprint density at radius 2 is 1.91 bits per heavy atom. The number of allylic oxidation sites excluding steroid dienone is 2. The number of rotatable bonds is 6. The molecule has 0 aliphatic rings. The van der Waals surface area contributed by atoms with Crippen LogP contribution >= 0.6 is 0 Å². The first kappa shape index (κ1) is 18.0. The number of aromatic nitrogens is 1. The zero-order valence-electron chi connectivity index (χ0n) is 12.3. The molecule has 1 unspecified atom stereocenters. The van der Waals surface area contributed by atoms with Gasteiger partial charge >= 0.3 is 11.9 Å². The first-order chi connectivity index (χ1) is 10.8. The number of hydrogen-bond acceptors (Lipinski definition) is 6. The predicted molar refractivity (Wildman–Crippen MR) is 78.7 cm³/mol. The van der Waals surface area contributed by atoms with Gasteiger partial charge in [0.05, 0.1) is 0 Å². The van der Waals surface area contributed by atoms with Gasteiger partial charge in [-0.15, -0.1) is 4.91 Å². The summed E-state index contributed by atoms with van der Waals surface area (Å²) in [7, 11) is 0. The van der Waals surface area contributed by atoms with E-state index in [1.54, 1.807) is 19.1 Å². The minimum absolute atomic E-state index is 0.271. The summed E-state index contributed by atoms with van der Waals surface area (Å²) in [6, 6.07) is 0. The largest absolute Gasteiger partial charge is 0.506 e. The van der Waals surface area contributed by atoms with E-state index in [2.05, 4.69) is 0 Å². The molecule has 23 heavy (non-hydrogen) atoms. The van der Waals surface area contributed by atoms with Crippen LogP contribution in [-0.4, -0.2) is 32.9 Å². The van der Waals surface area contributed by atoms with Crippen LogP contribution in [0.5, 0.6) is 5.75 Å². The number of carboxylic acid groups (broad SMARTS) is 1. The lowest BCUT2D eigenvalue weighted by molar-refractivity contribution is 0.0687. The normalized spacial score (nSPS) is 12.1. The van der Waals surface area contributed by atoms with E-state index in [0.717, 1.165) is 0 Å². The summed E-state index contributed by atoms with van der Waals surface area (Å²) < 4.78 is 0. The van der Waals surface area contributed by atoms with Crippen molar-refractivity contribution in [3.8, 4) is 5.75 Å². The van der Waals surface area contributed by atoms with Gasteiger partial charge in [0.1, 0.15) is 22.6 Å². The van der Waals surface area contributed by atoms with Crippen LogP contribution in [0.25, 0.3) is 0 Å². The number of carbonyl (C=O) groups is 3. The number of aromatic carboxylic acids is 1. The quantitative estimate of drug-likeness (QED) is 0.407. The van der Waals surface area contributed by atoms with Crippen molar-refractivity contribution in [3.05, 3.63) is 44.2 Å². The molecule has 122 valence electrons. The molecule has 0 fully saturated rings. The molecule has 0 aliphatic carbocycles. The molecule has 9 heteroatoms. The molecule has 0 saturated heterocycles. The van der Waals surface area contributed by atoms with Gasteiger partial charge in [-0.05, 0) is 13.3 Å². The summed E-state index contributed by atoms with van der Waals surface area (Å²) in [6.45, 7) is 3.23. The second-order valence-electron chi connectivity index (χ2n) is 4.70. The highest BCUT2D eigenvalue weighted by atomic mass is 16.4. The van der Waals surface area contributed by atoms with Crippen molar-refractivity contribution in [1.29, 1.82) is 0 Å². The third kappa shape index (κ3) is 3.57. The molecule has 1 rings (SSSR count). The van der Waals surface area contributed by atoms with E-state index in [0.29, 0.717) is 0 Å². The minimum atomic E-state index is -1.79. The molecule has 1 atom stereocenters. The number of nitrogens with one attached hydrogen (secondary N) is 1. The van der Waals surface area contributed by atoms with Gasteiger partial charge in [-0.1, -0.05) is 19.1 Å². The number of carbonyl (C=O) groups excluding carboxylic acids is 2. The molecule has 0 aliphatic heterocycles. The molecule has 0 saturated carbocycles. The summed E-state index contributed by atoms with van der Waals surface area (Å²) in [5.41, 5.74) is -3.97. The van der Waals surface area contributed by atoms with Gasteiger partial charge in [0.25, 0.3) is 5.56 Å². The van der Waals surface area contributed by atoms with Crippen LogP contribution in [0.2, 0.25) is 0 Å². The van der Waals surface area contributed by atoms with E-state index in [9.17, 15) is 29.2 Å². The van der Waals surface area contributed by atoms with Crippen molar-refractivity contribution in [3.63, 3.8) is 0 Å². The van der Waals surface area contributed by atoms with Gasteiger partial charge in [0, 0.05) is 11.1 Å². The number of carboxylic acids is 1. The number of aromatic amines is 1. The molecule has 0 spiro atoms. The maximum absolute atomic E-state index is 12.2. The highest BCUT2D eigenvalue weighted by Crippen LogP contribution is 2.25. The molecule has 1 aromatic heterocycles. The van der Waals surface area contributed by atoms with E-state index in [-0.39, 0.29) is 6.42 Å². The molecule has 1 amide bonds. The number of nitroso groups, excluding NO2 is 1. The van der Waals surface area contributed by atoms with E-state index in [4.69, 9.17) is 5.11 Å². The molecular formula is C14H14N2O7. The Morgan fingerprint density at radius 1 is 1.30 bits per heavy atom. The van der Waals surface area contributed by atoms with Gasteiger partial charge in [0.2, 0.25) is 0 Å². The lowest BCUT2D eigenvalue weighted by Gasteiger charge is -2.11. The number of aromatic hydroxyl groups is 1. The lowest BCUT2D eigenvalue weighted by Crippen LogP contribution is -2.27. The zero-order valence-corrected chi connectivity index (χ0v) is 12.3. The number of hydrogen-bond donors (Lipinski definition) is 3. The highest BCUT2D eigenvalue weighted by Gasteiger charge is 2.30. The Labute approximate surface area is 129 Å². The minimum Gasteiger partial charge on any atom is -0.506 e. The molecule has 0 bridgehead atoms. The third-order valence-electron chi connectivity index (χ3n) is 3.12. The van der Waals surface area contributed by atoms with E-state index < -0.39 is 51.7 Å². The second kappa shape index (κ2) is 7.25. The number of ketones is 1. The number of nitrogens with zero attached hydrogens (tertiary/aromatic N) is 1. The Bertz CT molecular complexity index is 761. The fourth-order valence-electron chi connectivity index (χ4n) is 1.93. The summed E-state index contributed by atoms with van der Waals surface area (Å²) in [6.07, 6.45) is 3.63. The molecule has 9 nitrogen and oxygen atoms in total. The van der Waals surface area contributed by atoms with E-state index >= 15 is 0 Å². The Hall–Kier alpha value is -3.10. The fourth-order valence-corrected chi connectivity index (χ4v) is 1.93. The summed E-state index contributed by atoms with van der Waals surface area (Å²) in [5.74, 6) is -6.02. The Balaban J connectivity index is 3.58. The van der Waals surface area contributed by atoms with Gasteiger partial charge in [-0.2, -0.15) is 0 Å². The Morgan fingerprint density at radius 3 is 2.39 bits per heavy atom. The fraction of sp³-hybridized carbons (Fsp3) is 0.286. The zero-order chi connectivity index (χ0) is 17.7. The smallest absolute Gasteiger partial charge is 0.341 e. The predicted octanol–water partition coefficient (Wildman–Crippen LogP) is 1.47. The molecule has 0 radical (unpaired) electrons. The second-order valence-corrected chi connectivity index (χ2v) is 4.70. The van der Waals surface area contributed by atoms with Crippen LogP contribution in [0.15, 0.2) is 22.1 Å². The van der Waals surface area contributed by atoms with Crippen LogP contribution in [0.1, 0.15) is 51.5 Å². The average Bonchev–Trinajstić information content (AvgIpc) is 2.50. The molecule has 3 N–H and O–H groups in total. The van der Waals surface area contributed by atoms with Crippen LogP contribution in [-0.2, 0) is 0 Å². The Kier molecular flexibility index (Phi) is 5.66. The molecule has 1 heterocycles.